The number of benzene rings is 2. The summed E-state index contributed by atoms with van der Waals surface area (Å²) in [4.78, 5) is 14.7. The summed E-state index contributed by atoms with van der Waals surface area (Å²) in [6, 6.07) is 10.8. The van der Waals surface area contributed by atoms with Crippen molar-refractivity contribution in [1.82, 2.24) is 4.98 Å². The molecule has 0 radical (unpaired) electrons. The molecular weight excluding hydrogens is 327 g/mol. The van der Waals surface area contributed by atoms with Crippen LogP contribution in [0.5, 0.6) is 0 Å². The third-order valence-electron chi connectivity index (χ3n) is 4.32. The molecule has 1 heterocycles. The Balaban J connectivity index is 2.12. The summed E-state index contributed by atoms with van der Waals surface area (Å²) in [5, 5.41) is 0.746. The van der Waals surface area contributed by atoms with Crippen LogP contribution in [0.4, 0.5) is 13.2 Å². The van der Waals surface area contributed by atoms with Gasteiger partial charge in [0, 0.05) is 16.5 Å². The summed E-state index contributed by atoms with van der Waals surface area (Å²) in [5.41, 5.74) is 2.30. The Morgan fingerprint density at radius 2 is 1.92 bits per heavy atom. The first-order chi connectivity index (χ1) is 11.9. The fourth-order valence-electron chi connectivity index (χ4n) is 3.00. The highest BCUT2D eigenvalue weighted by molar-refractivity contribution is 6.04. The number of aryl methyl sites for hydroxylation is 1. The average molecular weight is 345 g/mol. The average Bonchev–Trinajstić information content (AvgIpc) is 2.97. The molecule has 0 aliphatic heterocycles. The van der Waals surface area contributed by atoms with E-state index in [1.165, 1.54) is 6.07 Å². The smallest absolute Gasteiger partial charge is 0.354 e. The van der Waals surface area contributed by atoms with Crippen LogP contribution < -0.4 is 0 Å². The first kappa shape index (κ1) is 17.3. The van der Waals surface area contributed by atoms with E-state index in [1.807, 2.05) is 18.2 Å². The number of halogens is 3. The van der Waals surface area contributed by atoms with Gasteiger partial charge in [-0.2, -0.15) is 13.2 Å². The van der Waals surface area contributed by atoms with E-state index in [0.29, 0.717) is 23.1 Å². The zero-order chi connectivity index (χ0) is 18.0. The minimum absolute atomic E-state index is 0.350. The van der Waals surface area contributed by atoms with E-state index in [9.17, 15) is 18.0 Å². The lowest BCUT2D eigenvalue weighted by atomic mass is 10.0. The number of aldehydes is 1. The second-order valence-electron chi connectivity index (χ2n) is 6.09. The van der Waals surface area contributed by atoms with Crippen LogP contribution in [0.15, 0.2) is 42.5 Å². The monoisotopic (exact) mass is 345 g/mol. The summed E-state index contributed by atoms with van der Waals surface area (Å²) in [6.07, 6.45) is -0.683. The molecule has 0 amide bonds. The molecule has 1 N–H and O–H groups in total. The predicted octanol–water partition coefficient (Wildman–Crippen LogP) is 6.01. The van der Waals surface area contributed by atoms with Crippen LogP contribution in [-0.4, -0.2) is 11.3 Å². The number of rotatable bonds is 5. The van der Waals surface area contributed by atoms with Crippen molar-refractivity contribution in [3.8, 4) is 11.3 Å². The largest absolute Gasteiger partial charge is 0.416 e. The SMILES string of the molecule is CCCCc1ccc2[nH]c(-c3cccc(C(F)(F)F)c3)c(C=O)c2c1. The van der Waals surface area contributed by atoms with Crippen LogP contribution in [0.3, 0.4) is 0 Å². The van der Waals surface area contributed by atoms with Gasteiger partial charge in [-0.15, -0.1) is 0 Å². The second kappa shape index (κ2) is 6.75. The van der Waals surface area contributed by atoms with Crippen molar-refractivity contribution < 1.29 is 18.0 Å². The second-order valence-corrected chi connectivity index (χ2v) is 6.09. The normalized spacial score (nSPS) is 11.8. The van der Waals surface area contributed by atoms with E-state index in [2.05, 4.69) is 11.9 Å². The number of carbonyl (C=O) groups excluding carboxylic acids is 1. The molecule has 5 heteroatoms. The Morgan fingerprint density at radius 1 is 1.12 bits per heavy atom. The summed E-state index contributed by atoms with van der Waals surface area (Å²) in [7, 11) is 0. The molecule has 3 aromatic rings. The molecule has 2 nitrogen and oxygen atoms in total. The first-order valence-electron chi connectivity index (χ1n) is 8.21. The van der Waals surface area contributed by atoms with Crippen molar-refractivity contribution in [2.24, 2.45) is 0 Å². The number of hydrogen-bond acceptors (Lipinski definition) is 1. The van der Waals surface area contributed by atoms with Crippen LogP contribution in [0.2, 0.25) is 0 Å². The third-order valence-corrected chi connectivity index (χ3v) is 4.32. The Morgan fingerprint density at radius 3 is 2.60 bits per heavy atom. The zero-order valence-corrected chi connectivity index (χ0v) is 13.8. The highest BCUT2D eigenvalue weighted by Gasteiger charge is 2.30. The minimum Gasteiger partial charge on any atom is -0.354 e. The van der Waals surface area contributed by atoms with Gasteiger partial charge in [0.1, 0.15) is 0 Å². The number of fused-ring (bicyclic) bond motifs is 1. The maximum Gasteiger partial charge on any atom is 0.416 e. The number of alkyl halides is 3. The van der Waals surface area contributed by atoms with E-state index in [0.717, 1.165) is 47.9 Å². The molecule has 0 fully saturated rings. The van der Waals surface area contributed by atoms with Gasteiger partial charge in [0.2, 0.25) is 0 Å². The number of unbranched alkanes of at least 4 members (excludes halogenated alkanes) is 1. The number of nitrogens with one attached hydrogen (secondary N) is 1. The molecule has 130 valence electrons. The standard InChI is InChI=1S/C20H18F3NO/c1-2-3-5-13-8-9-18-16(10-13)17(12-25)19(24-18)14-6-4-7-15(11-14)20(21,22)23/h4,6-12,24H,2-3,5H2,1H3. The van der Waals surface area contributed by atoms with Crippen molar-refractivity contribution >= 4 is 17.2 Å². The maximum atomic E-state index is 13.0. The van der Waals surface area contributed by atoms with Gasteiger partial charge in [0.15, 0.2) is 6.29 Å². The number of aromatic amines is 1. The number of H-pyrrole nitrogens is 1. The molecule has 0 aliphatic carbocycles. The van der Waals surface area contributed by atoms with Crippen molar-refractivity contribution in [1.29, 1.82) is 0 Å². The molecule has 0 unspecified atom stereocenters. The Labute approximate surface area is 143 Å². The van der Waals surface area contributed by atoms with Crippen LogP contribution in [0.25, 0.3) is 22.2 Å². The Hall–Kier alpha value is -2.56. The van der Waals surface area contributed by atoms with Gasteiger partial charge < -0.3 is 4.98 Å². The van der Waals surface area contributed by atoms with E-state index < -0.39 is 11.7 Å². The predicted molar refractivity (Wildman–Crippen MR) is 92.7 cm³/mol. The summed E-state index contributed by atoms with van der Waals surface area (Å²) < 4.78 is 38.9. The summed E-state index contributed by atoms with van der Waals surface area (Å²) in [6.45, 7) is 2.11. The lowest BCUT2D eigenvalue weighted by Gasteiger charge is -2.08. The quantitative estimate of drug-likeness (QED) is 0.564. The van der Waals surface area contributed by atoms with Gasteiger partial charge in [-0.1, -0.05) is 31.5 Å². The minimum atomic E-state index is -4.42. The van der Waals surface area contributed by atoms with E-state index in [4.69, 9.17) is 0 Å². The fraction of sp³-hybridized carbons (Fsp3) is 0.250. The van der Waals surface area contributed by atoms with Gasteiger partial charge in [-0.3, -0.25) is 4.79 Å². The first-order valence-corrected chi connectivity index (χ1v) is 8.21. The molecule has 25 heavy (non-hydrogen) atoms. The Bertz CT molecular complexity index is 909. The number of aromatic nitrogens is 1. The molecule has 3 rings (SSSR count). The van der Waals surface area contributed by atoms with Gasteiger partial charge in [-0.25, -0.2) is 0 Å². The molecule has 0 bridgehead atoms. The van der Waals surface area contributed by atoms with Crippen LogP contribution in [-0.2, 0) is 12.6 Å². The van der Waals surface area contributed by atoms with Gasteiger partial charge in [0.25, 0.3) is 0 Å². The van der Waals surface area contributed by atoms with Gasteiger partial charge in [0.05, 0.1) is 11.3 Å². The van der Waals surface area contributed by atoms with E-state index in [-0.39, 0.29) is 0 Å². The molecule has 0 atom stereocenters. The van der Waals surface area contributed by atoms with Crippen LogP contribution >= 0.6 is 0 Å². The van der Waals surface area contributed by atoms with Crippen molar-refractivity contribution in [3.63, 3.8) is 0 Å². The Kier molecular flexibility index (Phi) is 4.66. The molecule has 0 aliphatic rings. The molecule has 0 saturated carbocycles. The molecule has 1 aromatic heterocycles. The van der Waals surface area contributed by atoms with Crippen LogP contribution in [0.1, 0.15) is 41.3 Å². The lowest BCUT2D eigenvalue weighted by molar-refractivity contribution is -0.137. The van der Waals surface area contributed by atoms with Crippen molar-refractivity contribution in [2.45, 2.75) is 32.4 Å². The topological polar surface area (TPSA) is 32.9 Å². The van der Waals surface area contributed by atoms with Crippen molar-refractivity contribution in [3.05, 3.63) is 59.2 Å². The number of hydrogen-bond donors (Lipinski definition) is 1. The van der Waals surface area contributed by atoms with Crippen LogP contribution in [0, 0.1) is 0 Å². The molecule has 0 saturated heterocycles. The molecule has 0 spiro atoms. The highest BCUT2D eigenvalue weighted by Crippen LogP contribution is 2.34. The van der Waals surface area contributed by atoms with Crippen molar-refractivity contribution in [2.75, 3.05) is 0 Å². The van der Waals surface area contributed by atoms with Gasteiger partial charge >= 0.3 is 6.18 Å². The zero-order valence-electron chi connectivity index (χ0n) is 13.8. The fourth-order valence-corrected chi connectivity index (χ4v) is 3.00. The summed E-state index contributed by atoms with van der Waals surface area (Å²) in [5.74, 6) is 0. The lowest BCUT2D eigenvalue weighted by Crippen LogP contribution is -2.04. The highest BCUT2D eigenvalue weighted by atomic mass is 19.4. The van der Waals surface area contributed by atoms with E-state index >= 15 is 0 Å². The number of carbonyl (C=O) groups is 1. The third kappa shape index (κ3) is 3.45. The summed E-state index contributed by atoms with van der Waals surface area (Å²) >= 11 is 0. The van der Waals surface area contributed by atoms with Gasteiger partial charge in [-0.05, 0) is 48.2 Å². The molecular formula is C20H18F3NO. The van der Waals surface area contributed by atoms with E-state index in [1.54, 1.807) is 6.07 Å². The maximum absolute atomic E-state index is 13.0. The molecule has 2 aromatic carbocycles.